The Balaban J connectivity index is 2.08. The lowest BCUT2D eigenvalue weighted by atomic mass is 10.2. The molecular weight excluding hydrogens is 370 g/mol. The summed E-state index contributed by atoms with van der Waals surface area (Å²) < 4.78 is 2.96. The Kier molecular flexibility index (Phi) is 6.61. The molecule has 114 valence electrons. The minimum atomic E-state index is 0.193. The van der Waals surface area contributed by atoms with E-state index in [2.05, 4.69) is 57.5 Å². The third kappa shape index (κ3) is 4.74. The zero-order valence-corrected chi connectivity index (χ0v) is 15.3. The van der Waals surface area contributed by atoms with Crippen molar-refractivity contribution in [2.24, 2.45) is 7.05 Å². The molecular formula is C15H19BrClN3S. The molecule has 2 rings (SSSR count). The van der Waals surface area contributed by atoms with Crippen molar-refractivity contribution in [1.29, 1.82) is 0 Å². The molecule has 0 fully saturated rings. The van der Waals surface area contributed by atoms with Crippen LogP contribution in [-0.2, 0) is 7.05 Å². The van der Waals surface area contributed by atoms with E-state index in [-0.39, 0.29) is 6.04 Å². The molecule has 2 aromatic rings. The number of hydrogen-bond donors (Lipinski definition) is 1. The number of aromatic nitrogens is 2. The molecule has 1 heterocycles. The minimum absolute atomic E-state index is 0.193. The average Bonchev–Trinajstić information content (AvgIpc) is 2.81. The van der Waals surface area contributed by atoms with Crippen molar-refractivity contribution in [1.82, 2.24) is 15.1 Å². The molecule has 1 unspecified atom stereocenters. The van der Waals surface area contributed by atoms with Crippen LogP contribution in [0.4, 0.5) is 0 Å². The first-order chi connectivity index (χ1) is 10.1. The normalized spacial score (nSPS) is 12.6. The maximum absolute atomic E-state index is 6.28. The quantitative estimate of drug-likeness (QED) is 0.699. The van der Waals surface area contributed by atoms with Crippen LogP contribution in [-0.4, -0.2) is 22.1 Å². The van der Waals surface area contributed by atoms with Crippen molar-refractivity contribution in [3.63, 3.8) is 0 Å². The summed E-state index contributed by atoms with van der Waals surface area (Å²) in [5, 5.41) is 8.53. The van der Waals surface area contributed by atoms with Crippen molar-refractivity contribution in [3.05, 3.63) is 45.7 Å². The van der Waals surface area contributed by atoms with Gasteiger partial charge in [-0.25, -0.2) is 0 Å². The highest BCUT2D eigenvalue weighted by Gasteiger charge is 2.18. The second kappa shape index (κ2) is 8.22. The van der Waals surface area contributed by atoms with Gasteiger partial charge in [0.2, 0.25) is 0 Å². The SMILES string of the molecule is CCCNC(CSc1ccc(Br)cc1)c1c(Cl)cnn1C. The fourth-order valence-electron chi connectivity index (χ4n) is 2.08. The molecule has 1 N–H and O–H groups in total. The van der Waals surface area contributed by atoms with Crippen molar-refractivity contribution in [2.45, 2.75) is 24.3 Å². The summed E-state index contributed by atoms with van der Waals surface area (Å²) in [6.07, 6.45) is 2.80. The zero-order chi connectivity index (χ0) is 15.2. The number of thioether (sulfide) groups is 1. The molecule has 0 amide bonds. The molecule has 3 nitrogen and oxygen atoms in total. The number of benzene rings is 1. The third-order valence-corrected chi connectivity index (χ3v) is 5.06. The van der Waals surface area contributed by atoms with E-state index in [1.807, 2.05) is 23.5 Å². The van der Waals surface area contributed by atoms with Gasteiger partial charge >= 0.3 is 0 Å². The molecule has 1 aromatic carbocycles. The topological polar surface area (TPSA) is 29.9 Å². The predicted octanol–water partition coefficient (Wildman–Crippen LogP) is 4.67. The van der Waals surface area contributed by atoms with Gasteiger partial charge in [0.15, 0.2) is 0 Å². The van der Waals surface area contributed by atoms with Gasteiger partial charge in [0.05, 0.1) is 23.0 Å². The number of nitrogens with one attached hydrogen (secondary N) is 1. The van der Waals surface area contributed by atoms with Gasteiger partial charge in [0.25, 0.3) is 0 Å². The first-order valence-electron chi connectivity index (χ1n) is 6.91. The highest BCUT2D eigenvalue weighted by atomic mass is 79.9. The van der Waals surface area contributed by atoms with Gasteiger partial charge in [-0.15, -0.1) is 11.8 Å². The third-order valence-electron chi connectivity index (χ3n) is 3.14. The molecule has 6 heteroatoms. The lowest BCUT2D eigenvalue weighted by Gasteiger charge is -2.19. The standard InChI is InChI=1S/C15H19BrClN3S/c1-3-8-18-14(15-13(17)9-19-20(15)2)10-21-12-6-4-11(16)5-7-12/h4-7,9,14,18H,3,8,10H2,1-2H3. The highest BCUT2D eigenvalue weighted by molar-refractivity contribution is 9.10. The zero-order valence-electron chi connectivity index (χ0n) is 12.1. The molecule has 21 heavy (non-hydrogen) atoms. The Morgan fingerprint density at radius 2 is 2.10 bits per heavy atom. The molecule has 0 bridgehead atoms. The summed E-state index contributed by atoms with van der Waals surface area (Å²) in [5.74, 6) is 0.918. The number of nitrogens with zero attached hydrogens (tertiary/aromatic N) is 2. The van der Waals surface area contributed by atoms with Crippen molar-refractivity contribution in [2.75, 3.05) is 12.3 Å². The second-order valence-electron chi connectivity index (χ2n) is 4.77. The molecule has 0 aliphatic rings. The molecule has 0 aliphatic heterocycles. The maximum Gasteiger partial charge on any atom is 0.0834 e. The van der Waals surface area contributed by atoms with Gasteiger partial charge in [-0.1, -0.05) is 34.5 Å². The Morgan fingerprint density at radius 3 is 2.67 bits per heavy atom. The van der Waals surface area contributed by atoms with E-state index in [9.17, 15) is 0 Å². The van der Waals surface area contributed by atoms with Crippen LogP contribution in [0.2, 0.25) is 5.02 Å². The van der Waals surface area contributed by atoms with Gasteiger partial charge in [-0.3, -0.25) is 4.68 Å². The van der Waals surface area contributed by atoms with E-state index in [0.717, 1.165) is 33.9 Å². The molecule has 0 radical (unpaired) electrons. The van der Waals surface area contributed by atoms with Gasteiger partial charge in [-0.05, 0) is 37.2 Å². The Morgan fingerprint density at radius 1 is 1.38 bits per heavy atom. The molecule has 1 atom stereocenters. The summed E-state index contributed by atoms with van der Waals surface area (Å²) in [7, 11) is 1.94. The second-order valence-corrected chi connectivity index (χ2v) is 7.19. The van der Waals surface area contributed by atoms with Crippen LogP contribution < -0.4 is 5.32 Å². The number of halogens is 2. The summed E-state index contributed by atoms with van der Waals surface area (Å²) in [6.45, 7) is 3.13. The van der Waals surface area contributed by atoms with Crippen LogP contribution in [0.25, 0.3) is 0 Å². The summed E-state index contributed by atoms with van der Waals surface area (Å²) in [4.78, 5) is 1.25. The molecule has 0 saturated heterocycles. The van der Waals surface area contributed by atoms with Crippen LogP contribution in [0.1, 0.15) is 25.1 Å². The van der Waals surface area contributed by atoms with Gasteiger partial charge in [0, 0.05) is 22.2 Å². The monoisotopic (exact) mass is 387 g/mol. The van der Waals surface area contributed by atoms with E-state index in [1.54, 1.807) is 6.20 Å². The average molecular weight is 389 g/mol. The van der Waals surface area contributed by atoms with Gasteiger partial charge in [0.1, 0.15) is 0 Å². The highest BCUT2D eigenvalue weighted by Crippen LogP contribution is 2.29. The van der Waals surface area contributed by atoms with Crippen molar-refractivity contribution in [3.8, 4) is 0 Å². The van der Waals surface area contributed by atoms with Crippen LogP contribution >= 0.6 is 39.3 Å². The number of hydrogen-bond acceptors (Lipinski definition) is 3. The Bertz CT molecular complexity index is 551. The van der Waals surface area contributed by atoms with Gasteiger partial charge < -0.3 is 5.32 Å². The van der Waals surface area contributed by atoms with E-state index in [0.29, 0.717) is 0 Å². The summed E-state index contributed by atoms with van der Waals surface area (Å²) >= 11 is 11.6. The fraction of sp³-hybridized carbons (Fsp3) is 0.400. The lowest BCUT2D eigenvalue weighted by Crippen LogP contribution is -2.26. The summed E-state index contributed by atoms with van der Waals surface area (Å²) in [5.41, 5.74) is 1.05. The van der Waals surface area contributed by atoms with Crippen molar-refractivity contribution >= 4 is 39.3 Å². The lowest BCUT2D eigenvalue weighted by molar-refractivity contribution is 0.535. The minimum Gasteiger partial charge on any atom is -0.308 e. The molecule has 0 spiro atoms. The fourth-order valence-corrected chi connectivity index (χ4v) is 3.60. The molecule has 0 saturated carbocycles. The summed E-state index contributed by atoms with van der Waals surface area (Å²) in [6, 6.07) is 8.56. The van der Waals surface area contributed by atoms with Crippen LogP contribution in [0.15, 0.2) is 39.8 Å². The van der Waals surface area contributed by atoms with Crippen LogP contribution in [0.5, 0.6) is 0 Å². The molecule has 1 aromatic heterocycles. The smallest absolute Gasteiger partial charge is 0.0834 e. The van der Waals surface area contributed by atoms with Crippen LogP contribution in [0.3, 0.4) is 0 Å². The van der Waals surface area contributed by atoms with E-state index in [4.69, 9.17) is 11.6 Å². The Labute approximate surface area is 143 Å². The number of aryl methyl sites for hydroxylation is 1. The van der Waals surface area contributed by atoms with E-state index >= 15 is 0 Å². The van der Waals surface area contributed by atoms with E-state index in [1.165, 1.54) is 4.90 Å². The molecule has 0 aliphatic carbocycles. The first-order valence-corrected chi connectivity index (χ1v) is 9.06. The maximum atomic E-state index is 6.28. The Hall–Kier alpha value is -0.490. The predicted molar refractivity (Wildman–Crippen MR) is 94.1 cm³/mol. The van der Waals surface area contributed by atoms with Crippen molar-refractivity contribution < 1.29 is 0 Å². The van der Waals surface area contributed by atoms with E-state index < -0.39 is 0 Å². The van der Waals surface area contributed by atoms with Gasteiger partial charge in [-0.2, -0.15) is 5.10 Å². The van der Waals surface area contributed by atoms with Crippen LogP contribution in [0, 0.1) is 0 Å². The largest absolute Gasteiger partial charge is 0.308 e. The number of rotatable bonds is 7. The first kappa shape index (κ1) is 16.9.